The molecule has 1 heterocycles. The Morgan fingerprint density at radius 1 is 1.44 bits per heavy atom. The number of aromatic nitrogens is 1. The first-order valence-corrected chi connectivity index (χ1v) is 4.82. The second-order valence-corrected chi connectivity index (χ2v) is 3.06. The number of ether oxygens (including phenoxy) is 2. The van der Waals surface area contributed by atoms with Gasteiger partial charge >= 0.3 is 5.97 Å². The molecule has 0 aliphatic rings. The van der Waals surface area contributed by atoms with E-state index < -0.39 is 5.97 Å². The van der Waals surface area contributed by atoms with Gasteiger partial charge < -0.3 is 9.47 Å². The van der Waals surface area contributed by atoms with Crippen molar-refractivity contribution in [2.75, 3.05) is 13.7 Å². The Hall–Kier alpha value is -1.91. The van der Waals surface area contributed by atoms with E-state index in [9.17, 15) is 9.59 Å². The number of carbonyl (C=O) groups is 2. The molecule has 0 saturated heterocycles. The van der Waals surface area contributed by atoms with Crippen LogP contribution in [0, 0.1) is 0 Å². The van der Waals surface area contributed by atoms with Crippen LogP contribution in [0.4, 0.5) is 0 Å². The molecule has 5 heteroatoms. The highest BCUT2D eigenvalue weighted by molar-refractivity contribution is 5.98. The van der Waals surface area contributed by atoms with Crippen molar-refractivity contribution in [1.29, 1.82) is 0 Å². The number of rotatable bonds is 4. The highest BCUT2D eigenvalue weighted by Gasteiger charge is 2.16. The summed E-state index contributed by atoms with van der Waals surface area (Å²) in [6.07, 6.45) is 1.36. The van der Waals surface area contributed by atoms with E-state index in [1.165, 1.54) is 26.3 Å². The number of nitrogens with zero attached hydrogens (tertiary/aromatic N) is 1. The topological polar surface area (TPSA) is 65.5 Å². The van der Waals surface area contributed by atoms with Crippen LogP contribution in [0.1, 0.15) is 34.6 Å². The van der Waals surface area contributed by atoms with Gasteiger partial charge in [-0.2, -0.15) is 0 Å². The van der Waals surface area contributed by atoms with E-state index in [4.69, 9.17) is 9.47 Å². The number of carbonyl (C=O) groups excluding carboxylic acids is 2. The Bertz CT molecular complexity index is 414. The van der Waals surface area contributed by atoms with Gasteiger partial charge in [-0.3, -0.25) is 4.79 Å². The quantitative estimate of drug-likeness (QED) is 0.571. The lowest BCUT2D eigenvalue weighted by Crippen LogP contribution is -2.09. The van der Waals surface area contributed by atoms with Crippen molar-refractivity contribution in [3.63, 3.8) is 0 Å². The van der Waals surface area contributed by atoms with Crippen LogP contribution in [0.25, 0.3) is 0 Å². The lowest BCUT2D eigenvalue weighted by molar-refractivity contribution is 0.0522. The van der Waals surface area contributed by atoms with Gasteiger partial charge in [0.25, 0.3) is 0 Å². The summed E-state index contributed by atoms with van der Waals surface area (Å²) in [6.45, 7) is 3.36. The van der Waals surface area contributed by atoms with Crippen molar-refractivity contribution >= 4 is 11.8 Å². The first-order valence-electron chi connectivity index (χ1n) is 4.82. The van der Waals surface area contributed by atoms with Crippen molar-refractivity contribution in [2.45, 2.75) is 13.8 Å². The minimum atomic E-state index is -0.546. The third-order valence-corrected chi connectivity index (χ3v) is 1.95. The van der Waals surface area contributed by atoms with Gasteiger partial charge in [-0.25, -0.2) is 9.78 Å². The zero-order valence-corrected chi connectivity index (χ0v) is 9.44. The zero-order chi connectivity index (χ0) is 12.1. The van der Waals surface area contributed by atoms with Gasteiger partial charge in [0.1, 0.15) is 5.56 Å². The van der Waals surface area contributed by atoms with Gasteiger partial charge in [0.2, 0.25) is 5.88 Å². The summed E-state index contributed by atoms with van der Waals surface area (Å²) in [5.41, 5.74) is 0.515. The summed E-state index contributed by atoms with van der Waals surface area (Å²) < 4.78 is 9.76. The molecule has 0 bridgehead atoms. The third-order valence-electron chi connectivity index (χ3n) is 1.95. The lowest BCUT2D eigenvalue weighted by atomic mass is 10.1. The lowest BCUT2D eigenvalue weighted by Gasteiger charge is -2.07. The minimum Gasteiger partial charge on any atom is -0.480 e. The summed E-state index contributed by atoms with van der Waals surface area (Å²) in [4.78, 5) is 26.6. The Labute approximate surface area is 93.4 Å². The van der Waals surface area contributed by atoms with Crippen molar-refractivity contribution in [3.05, 3.63) is 23.4 Å². The van der Waals surface area contributed by atoms with E-state index >= 15 is 0 Å². The number of hydrogen-bond donors (Lipinski definition) is 0. The van der Waals surface area contributed by atoms with Crippen molar-refractivity contribution in [1.82, 2.24) is 4.98 Å². The fourth-order valence-electron chi connectivity index (χ4n) is 1.16. The predicted octanol–water partition coefficient (Wildman–Crippen LogP) is 1.47. The summed E-state index contributed by atoms with van der Waals surface area (Å²) in [7, 11) is 1.40. The smallest absolute Gasteiger partial charge is 0.343 e. The van der Waals surface area contributed by atoms with Crippen molar-refractivity contribution < 1.29 is 19.1 Å². The van der Waals surface area contributed by atoms with E-state index in [2.05, 4.69) is 4.98 Å². The molecule has 1 aromatic rings. The number of esters is 1. The second kappa shape index (κ2) is 5.25. The maximum absolute atomic E-state index is 11.5. The third kappa shape index (κ3) is 2.56. The van der Waals surface area contributed by atoms with Gasteiger partial charge in [0, 0.05) is 11.8 Å². The molecule has 0 fully saturated rings. The molecule has 1 aromatic heterocycles. The summed E-state index contributed by atoms with van der Waals surface area (Å²) in [5, 5.41) is 0. The van der Waals surface area contributed by atoms with Crippen molar-refractivity contribution in [3.8, 4) is 5.88 Å². The normalized spacial score (nSPS) is 9.69. The van der Waals surface area contributed by atoms with E-state index in [-0.39, 0.29) is 23.8 Å². The molecule has 0 radical (unpaired) electrons. The van der Waals surface area contributed by atoms with E-state index in [0.717, 1.165) is 0 Å². The van der Waals surface area contributed by atoms with Gasteiger partial charge in [0.15, 0.2) is 5.78 Å². The Balaban J connectivity index is 3.16. The Morgan fingerprint density at radius 3 is 2.62 bits per heavy atom. The summed E-state index contributed by atoms with van der Waals surface area (Å²) in [5.74, 6) is -0.556. The van der Waals surface area contributed by atoms with Crippen molar-refractivity contribution in [2.24, 2.45) is 0 Å². The van der Waals surface area contributed by atoms with Crippen LogP contribution < -0.4 is 4.74 Å². The zero-order valence-electron chi connectivity index (χ0n) is 9.44. The first kappa shape index (κ1) is 12.2. The molecule has 1 rings (SSSR count). The number of Topliss-reactive ketones (excluding diaryl/α,β-unsaturated/α-hetero) is 1. The average molecular weight is 223 g/mol. The molecule has 0 atom stereocenters. The summed E-state index contributed by atoms with van der Waals surface area (Å²) >= 11 is 0. The first-order chi connectivity index (χ1) is 7.60. The van der Waals surface area contributed by atoms with Gasteiger partial charge in [-0.15, -0.1) is 0 Å². The number of pyridine rings is 1. The Kier molecular flexibility index (Phi) is 3.99. The van der Waals surface area contributed by atoms with Crippen LogP contribution in [0.5, 0.6) is 5.88 Å². The number of hydrogen-bond acceptors (Lipinski definition) is 5. The molecule has 86 valence electrons. The minimum absolute atomic E-state index is 0.156. The summed E-state index contributed by atoms with van der Waals surface area (Å²) in [6, 6.07) is 1.42. The van der Waals surface area contributed by atoms with Crippen LogP contribution in [0.15, 0.2) is 12.3 Å². The molecule has 0 unspecified atom stereocenters. The average Bonchev–Trinajstić information content (AvgIpc) is 2.28. The SMILES string of the molecule is CCOC(=O)c1cc(C(C)=O)cnc1OC. The maximum Gasteiger partial charge on any atom is 0.343 e. The molecule has 16 heavy (non-hydrogen) atoms. The largest absolute Gasteiger partial charge is 0.480 e. The fourth-order valence-corrected chi connectivity index (χ4v) is 1.16. The van der Waals surface area contributed by atoms with Crippen LogP contribution >= 0.6 is 0 Å². The standard InChI is InChI=1S/C11H13NO4/c1-4-16-11(14)9-5-8(7(2)13)6-12-10(9)15-3/h5-6H,4H2,1-3H3. The number of methoxy groups -OCH3 is 1. The molecule has 0 amide bonds. The predicted molar refractivity (Wildman–Crippen MR) is 56.8 cm³/mol. The van der Waals surface area contributed by atoms with Gasteiger partial charge in [0.05, 0.1) is 13.7 Å². The highest BCUT2D eigenvalue weighted by atomic mass is 16.5. The van der Waals surface area contributed by atoms with E-state index in [1.54, 1.807) is 6.92 Å². The monoisotopic (exact) mass is 223 g/mol. The van der Waals surface area contributed by atoms with E-state index in [1.807, 2.05) is 0 Å². The Morgan fingerprint density at radius 2 is 2.12 bits per heavy atom. The van der Waals surface area contributed by atoms with Crippen LogP contribution in [0.3, 0.4) is 0 Å². The molecular weight excluding hydrogens is 210 g/mol. The molecule has 0 aromatic carbocycles. The molecule has 0 aliphatic heterocycles. The number of ketones is 1. The van der Waals surface area contributed by atoms with Crippen LogP contribution in [-0.4, -0.2) is 30.5 Å². The maximum atomic E-state index is 11.5. The molecule has 0 saturated carbocycles. The van der Waals surface area contributed by atoms with E-state index in [0.29, 0.717) is 5.56 Å². The fraction of sp³-hybridized carbons (Fsp3) is 0.364. The molecule has 0 aliphatic carbocycles. The molecule has 0 spiro atoms. The van der Waals surface area contributed by atoms with Crippen LogP contribution in [0.2, 0.25) is 0 Å². The highest BCUT2D eigenvalue weighted by Crippen LogP contribution is 2.17. The van der Waals surface area contributed by atoms with Gasteiger partial charge in [-0.1, -0.05) is 0 Å². The second-order valence-electron chi connectivity index (χ2n) is 3.06. The molecular formula is C11H13NO4. The van der Waals surface area contributed by atoms with Crippen LogP contribution in [-0.2, 0) is 4.74 Å². The van der Waals surface area contributed by atoms with Gasteiger partial charge in [-0.05, 0) is 19.9 Å². The molecule has 0 N–H and O–H groups in total. The molecule has 5 nitrogen and oxygen atoms in total.